The van der Waals surface area contributed by atoms with Gasteiger partial charge in [0.15, 0.2) is 4.96 Å². The summed E-state index contributed by atoms with van der Waals surface area (Å²) in [5.74, 6) is 0.461. The third kappa shape index (κ3) is 2.59. The number of nitrogens with zero attached hydrogens (tertiary/aromatic N) is 2. The quantitative estimate of drug-likeness (QED) is 0.777. The summed E-state index contributed by atoms with van der Waals surface area (Å²) >= 11 is 7.67. The number of imidazole rings is 1. The van der Waals surface area contributed by atoms with Crippen LogP contribution in [0.4, 0.5) is 0 Å². The van der Waals surface area contributed by atoms with Crippen LogP contribution in [0.2, 0.25) is 5.02 Å². The van der Waals surface area contributed by atoms with Crippen molar-refractivity contribution in [3.63, 3.8) is 0 Å². The number of rotatable bonds is 4. The van der Waals surface area contributed by atoms with Crippen molar-refractivity contribution in [2.45, 2.75) is 26.2 Å². The molecule has 21 heavy (non-hydrogen) atoms. The summed E-state index contributed by atoms with van der Waals surface area (Å²) in [5.41, 5.74) is 10.4. The molecule has 0 saturated heterocycles. The van der Waals surface area contributed by atoms with Crippen molar-refractivity contribution in [1.82, 2.24) is 9.38 Å². The molecule has 2 N–H and O–H groups in total. The fraction of sp³-hybridized carbons (Fsp3) is 0.312. The maximum absolute atomic E-state index is 5.98. The highest BCUT2D eigenvalue weighted by Crippen LogP contribution is 2.31. The second-order valence-electron chi connectivity index (χ2n) is 5.39. The van der Waals surface area contributed by atoms with E-state index in [0.29, 0.717) is 12.5 Å². The second-order valence-corrected chi connectivity index (χ2v) is 6.66. The van der Waals surface area contributed by atoms with E-state index in [0.717, 1.165) is 27.7 Å². The fourth-order valence-corrected chi connectivity index (χ4v) is 3.74. The van der Waals surface area contributed by atoms with Gasteiger partial charge in [-0.3, -0.25) is 4.40 Å². The first-order valence-electron chi connectivity index (χ1n) is 7.06. The summed E-state index contributed by atoms with van der Waals surface area (Å²) in [7, 11) is 0. The van der Waals surface area contributed by atoms with Crippen LogP contribution in [0, 0.1) is 0 Å². The molecule has 3 aromatic rings. The van der Waals surface area contributed by atoms with E-state index >= 15 is 0 Å². The van der Waals surface area contributed by atoms with Crippen LogP contribution < -0.4 is 5.73 Å². The van der Waals surface area contributed by atoms with Crippen LogP contribution in [0.3, 0.4) is 0 Å². The Morgan fingerprint density at radius 2 is 2.00 bits per heavy atom. The van der Waals surface area contributed by atoms with Crippen LogP contribution in [-0.4, -0.2) is 15.9 Å². The minimum absolute atomic E-state index is 0.461. The molecule has 0 spiro atoms. The SMILES string of the molecule is CC(C)c1csc2nc(-c3ccc(Cl)cc3)c(CCN)n12. The van der Waals surface area contributed by atoms with Gasteiger partial charge < -0.3 is 5.73 Å². The molecule has 0 bridgehead atoms. The predicted octanol–water partition coefficient (Wildman–Crippen LogP) is 4.34. The number of halogens is 1. The van der Waals surface area contributed by atoms with Gasteiger partial charge in [0.1, 0.15) is 0 Å². The lowest BCUT2D eigenvalue weighted by molar-refractivity contribution is 0.786. The van der Waals surface area contributed by atoms with Crippen LogP contribution in [0.1, 0.15) is 31.2 Å². The lowest BCUT2D eigenvalue weighted by Gasteiger charge is -2.08. The van der Waals surface area contributed by atoms with Gasteiger partial charge in [0.25, 0.3) is 0 Å². The molecule has 0 aliphatic heterocycles. The number of benzene rings is 1. The van der Waals surface area contributed by atoms with E-state index in [9.17, 15) is 0 Å². The molecule has 0 aliphatic rings. The normalized spacial score (nSPS) is 11.7. The van der Waals surface area contributed by atoms with Crippen LogP contribution in [0.5, 0.6) is 0 Å². The van der Waals surface area contributed by atoms with E-state index in [-0.39, 0.29) is 0 Å². The minimum atomic E-state index is 0.461. The largest absolute Gasteiger partial charge is 0.330 e. The molecule has 3 nitrogen and oxygen atoms in total. The topological polar surface area (TPSA) is 43.3 Å². The van der Waals surface area contributed by atoms with Gasteiger partial charge in [0.2, 0.25) is 0 Å². The highest BCUT2D eigenvalue weighted by Gasteiger charge is 2.18. The molecule has 0 amide bonds. The summed E-state index contributed by atoms with van der Waals surface area (Å²) in [6, 6.07) is 7.84. The molecule has 0 unspecified atom stereocenters. The summed E-state index contributed by atoms with van der Waals surface area (Å²) in [6.07, 6.45) is 0.815. The molecule has 1 aromatic carbocycles. The molecule has 0 aliphatic carbocycles. The van der Waals surface area contributed by atoms with Crippen LogP contribution in [0.25, 0.3) is 16.2 Å². The van der Waals surface area contributed by atoms with Gasteiger partial charge in [0.05, 0.1) is 11.4 Å². The molecular weight excluding hydrogens is 302 g/mol. The molecule has 0 fully saturated rings. The molecule has 110 valence electrons. The van der Waals surface area contributed by atoms with E-state index in [1.165, 1.54) is 11.4 Å². The highest BCUT2D eigenvalue weighted by atomic mass is 35.5. The van der Waals surface area contributed by atoms with Gasteiger partial charge >= 0.3 is 0 Å². The Morgan fingerprint density at radius 1 is 1.29 bits per heavy atom. The van der Waals surface area contributed by atoms with Gasteiger partial charge in [-0.1, -0.05) is 37.6 Å². The summed E-state index contributed by atoms with van der Waals surface area (Å²) in [5, 5.41) is 2.93. The maximum Gasteiger partial charge on any atom is 0.194 e. The number of thiazole rings is 1. The Bertz CT molecular complexity index is 756. The van der Waals surface area contributed by atoms with Crippen molar-refractivity contribution >= 4 is 27.9 Å². The monoisotopic (exact) mass is 319 g/mol. The third-order valence-corrected chi connectivity index (χ3v) is 4.67. The average molecular weight is 320 g/mol. The van der Waals surface area contributed by atoms with Crippen LogP contribution in [-0.2, 0) is 6.42 Å². The molecular formula is C16H18ClN3S. The summed E-state index contributed by atoms with van der Waals surface area (Å²) in [4.78, 5) is 5.85. The van der Waals surface area contributed by atoms with E-state index in [1.807, 2.05) is 24.3 Å². The van der Waals surface area contributed by atoms with E-state index in [1.54, 1.807) is 11.3 Å². The molecule has 0 atom stereocenters. The Balaban J connectivity index is 2.22. The zero-order chi connectivity index (χ0) is 15.0. The lowest BCUT2D eigenvalue weighted by atomic mass is 10.1. The first kappa shape index (κ1) is 14.6. The first-order chi connectivity index (χ1) is 10.1. The number of hydrogen-bond acceptors (Lipinski definition) is 3. The highest BCUT2D eigenvalue weighted by molar-refractivity contribution is 7.15. The standard InChI is InChI=1S/C16H18ClN3S/c1-10(2)14-9-21-16-19-15(13(7-8-18)20(14)16)11-3-5-12(17)6-4-11/h3-6,9-10H,7-8,18H2,1-2H3. The molecule has 3 rings (SSSR count). The molecule has 0 radical (unpaired) electrons. The molecule has 5 heteroatoms. The average Bonchev–Trinajstić information content (AvgIpc) is 3.00. The van der Waals surface area contributed by atoms with Crippen molar-refractivity contribution in [1.29, 1.82) is 0 Å². The Kier molecular flexibility index (Phi) is 4.02. The van der Waals surface area contributed by atoms with E-state index < -0.39 is 0 Å². The van der Waals surface area contributed by atoms with Crippen molar-refractivity contribution in [3.8, 4) is 11.3 Å². The first-order valence-corrected chi connectivity index (χ1v) is 8.32. The van der Waals surface area contributed by atoms with Crippen molar-refractivity contribution in [3.05, 3.63) is 46.1 Å². The molecule has 0 saturated carbocycles. The van der Waals surface area contributed by atoms with Crippen LogP contribution in [0.15, 0.2) is 29.6 Å². The molecule has 2 aromatic heterocycles. The number of hydrogen-bond donors (Lipinski definition) is 1. The van der Waals surface area contributed by atoms with Crippen molar-refractivity contribution < 1.29 is 0 Å². The van der Waals surface area contributed by atoms with E-state index in [2.05, 4.69) is 23.6 Å². The zero-order valence-electron chi connectivity index (χ0n) is 12.1. The number of aromatic nitrogens is 2. The van der Waals surface area contributed by atoms with Crippen molar-refractivity contribution in [2.75, 3.05) is 6.54 Å². The smallest absolute Gasteiger partial charge is 0.194 e. The van der Waals surface area contributed by atoms with Gasteiger partial charge in [-0.05, 0) is 24.6 Å². The Hall–Kier alpha value is -1.36. The maximum atomic E-state index is 5.98. The van der Waals surface area contributed by atoms with Gasteiger partial charge in [0, 0.05) is 28.1 Å². The fourth-order valence-electron chi connectivity index (χ4n) is 2.54. The Labute approximate surface area is 133 Å². The van der Waals surface area contributed by atoms with Gasteiger partial charge in [-0.2, -0.15) is 0 Å². The Morgan fingerprint density at radius 3 is 2.62 bits per heavy atom. The third-order valence-electron chi connectivity index (χ3n) is 3.58. The van der Waals surface area contributed by atoms with Crippen molar-refractivity contribution in [2.24, 2.45) is 5.73 Å². The number of nitrogens with two attached hydrogens (primary N) is 1. The number of fused-ring (bicyclic) bond motifs is 1. The van der Waals surface area contributed by atoms with E-state index in [4.69, 9.17) is 22.3 Å². The van der Waals surface area contributed by atoms with Gasteiger partial charge in [-0.15, -0.1) is 11.3 Å². The van der Waals surface area contributed by atoms with Crippen LogP contribution >= 0.6 is 22.9 Å². The molecule has 2 heterocycles. The minimum Gasteiger partial charge on any atom is -0.330 e. The zero-order valence-corrected chi connectivity index (χ0v) is 13.7. The summed E-state index contributed by atoms with van der Waals surface area (Å²) in [6.45, 7) is 5.02. The predicted molar refractivity (Wildman–Crippen MR) is 90.4 cm³/mol. The second kappa shape index (κ2) is 5.79. The van der Waals surface area contributed by atoms with Gasteiger partial charge in [-0.25, -0.2) is 4.98 Å². The summed E-state index contributed by atoms with van der Waals surface area (Å²) < 4.78 is 2.27. The lowest BCUT2D eigenvalue weighted by Crippen LogP contribution is -2.08.